The van der Waals surface area contributed by atoms with Crippen LogP contribution in [0.25, 0.3) is 0 Å². The lowest BCUT2D eigenvalue weighted by Crippen LogP contribution is -1.89. The second-order valence-corrected chi connectivity index (χ2v) is 6.27. The van der Waals surface area contributed by atoms with Gasteiger partial charge in [-0.1, -0.05) is 71.1 Å². The van der Waals surface area contributed by atoms with Crippen LogP contribution in [0.2, 0.25) is 0 Å². The van der Waals surface area contributed by atoms with Crippen LogP contribution >= 0.6 is 0 Å². The first kappa shape index (κ1) is 19.8. The highest BCUT2D eigenvalue weighted by atomic mass is 32.3. The van der Waals surface area contributed by atoms with Gasteiger partial charge in [0.1, 0.15) is 0 Å². The fourth-order valence-electron chi connectivity index (χ4n) is 2.09. The SMILES string of the molecule is CCCCCCCCCCCCC1CO1.O=S(=O)(O)O. The van der Waals surface area contributed by atoms with Crippen molar-refractivity contribution in [2.24, 2.45) is 0 Å². The summed E-state index contributed by atoms with van der Waals surface area (Å²) in [7, 11) is -4.67. The van der Waals surface area contributed by atoms with Gasteiger partial charge in [0, 0.05) is 0 Å². The van der Waals surface area contributed by atoms with Crippen molar-refractivity contribution in [2.75, 3.05) is 6.61 Å². The van der Waals surface area contributed by atoms with E-state index in [1.165, 1.54) is 70.6 Å². The highest BCUT2D eigenvalue weighted by Crippen LogP contribution is 2.18. The predicted octanol–water partition coefficient (Wildman–Crippen LogP) is 4.04. The fourth-order valence-corrected chi connectivity index (χ4v) is 2.09. The van der Waals surface area contributed by atoms with Crippen molar-refractivity contribution in [3.05, 3.63) is 0 Å². The molecule has 0 spiro atoms. The molecule has 6 heteroatoms. The van der Waals surface area contributed by atoms with Gasteiger partial charge in [0.05, 0.1) is 12.7 Å². The number of unbranched alkanes of at least 4 members (excludes halogenated alkanes) is 9. The molecule has 122 valence electrons. The van der Waals surface area contributed by atoms with Gasteiger partial charge >= 0.3 is 10.4 Å². The Morgan fingerprint density at radius 3 is 1.60 bits per heavy atom. The predicted molar refractivity (Wildman–Crippen MR) is 80.4 cm³/mol. The van der Waals surface area contributed by atoms with E-state index in [4.69, 9.17) is 22.3 Å². The Morgan fingerprint density at radius 1 is 0.900 bits per heavy atom. The smallest absolute Gasteiger partial charge is 0.373 e. The molecular formula is C14H30O5S. The molecule has 2 N–H and O–H groups in total. The van der Waals surface area contributed by atoms with Crippen LogP contribution < -0.4 is 0 Å². The third-order valence-corrected chi connectivity index (χ3v) is 3.28. The van der Waals surface area contributed by atoms with Gasteiger partial charge in [-0.2, -0.15) is 8.42 Å². The second-order valence-electron chi connectivity index (χ2n) is 5.37. The Kier molecular flexibility index (Phi) is 12.5. The average molecular weight is 310 g/mol. The molecular weight excluding hydrogens is 280 g/mol. The van der Waals surface area contributed by atoms with Crippen LogP contribution in [0.3, 0.4) is 0 Å². The van der Waals surface area contributed by atoms with Crippen LogP contribution in [0, 0.1) is 0 Å². The maximum Gasteiger partial charge on any atom is 0.394 e. The summed E-state index contributed by atoms with van der Waals surface area (Å²) in [6.45, 7) is 3.32. The summed E-state index contributed by atoms with van der Waals surface area (Å²) in [4.78, 5) is 0. The van der Waals surface area contributed by atoms with Crippen LogP contribution in [0.15, 0.2) is 0 Å². The molecule has 1 atom stereocenters. The summed E-state index contributed by atoms with van der Waals surface area (Å²) in [5.74, 6) is 0. The quantitative estimate of drug-likeness (QED) is 0.341. The largest absolute Gasteiger partial charge is 0.394 e. The van der Waals surface area contributed by atoms with E-state index in [2.05, 4.69) is 6.92 Å². The molecule has 0 aliphatic carbocycles. The summed E-state index contributed by atoms with van der Waals surface area (Å²) in [5, 5.41) is 0. The molecule has 1 aliphatic rings. The van der Waals surface area contributed by atoms with Crippen molar-refractivity contribution in [2.45, 2.75) is 83.7 Å². The lowest BCUT2D eigenvalue weighted by Gasteiger charge is -2.01. The molecule has 20 heavy (non-hydrogen) atoms. The Labute approximate surface area is 123 Å². The number of rotatable bonds is 11. The standard InChI is InChI=1S/C14H28O.H2O4S/c1-2-3-4-5-6-7-8-9-10-11-12-14-13-15-14;1-5(2,3)4/h14H,2-13H2,1H3;(H2,1,2,3,4). The highest BCUT2D eigenvalue weighted by Gasteiger charge is 2.20. The third-order valence-electron chi connectivity index (χ3n) is 3.28. The molecule has 1 unspecified atom stereocenters. The molecule has 1 heterocycles. The minimum atomic E-state index is -4.67. The Balaban J connectivity index is 0.000000621. The zero-order chi connectivity index (χ0) is 15.3. The Hall–Kier alpha value is -0.170. The highest BCUT2D eigenvalue weighted by molar-refractivity contribution is 7.79. The Morgan fingerprint density at radius 2 is 1.25 bits per heavy atom. The number of hydrogen-bond acceptors (Lipinski definition) is 3. The van der Waals surface area contributed by atoms with Crippen molar-refractivity contribution in [3.8, 4) is 0 Å². The number of ether oxygens (including phenoxy) is 1. The van der Waals surface area contributed by atoms with Crippen molar-refractivity contribution in [1.29, 1.82) is 0 Å². The van der Waals surface area contributed by atoms with Gasteiger partial charge in [-0.3, -0.25) is 9.11 Å². The van der Waals surface area contributed by atoms with E-state index in [0.29, 0.717) is 6.10 Å². The average Bonchev–Trinajstić information content (AvgIpc) is 3.13. The third kappa shape index (κ3) is 23.0. The molecule has 0 amide bonds. The molecule has 0 saturated carbocycles. The molecule has 1 fully saturated rings. The van der Waals surface area contributed by atoms with Crippen LogP contribution in [0.4, 0.5) is 0 Å². The van der Waals surface area contributed by atoms with E-state index in [-0.39, 0.29) is 0 Å². The second kappa shape index (κ2) is 12.6. The molecule has 1 saturated heterocycles. The van der Waals surface area contributed by atoms with Crippen molar-refractivity contribution in [3.63, 3.8) is 0 Å². The molecule has 0 aromatic carbocycles. The molecule has 0 bridgehead atoms. The first-order valence-corrected chi connectivity index (χ1v) is 9.14. The lowest BCUT2D eigenvalue weighted by atomic mass is 10.1. The van der Waals surface area contributed by atoms with Crippen LogP contribution in [-0.2, 0) is 15.1 Å². The van der Waals surface area contributed by atoms with Crippen molar-refractivity contribution in [1.82, 2.24) is 0 Å². The van der Waals surface area contributed by atoms with Gasteiger partial charge in [0.2, 0.25) is 0 Å². The van der Waals surface area contributed by atoms with E-state index in [1.54, 1.807) is 0 Å². The topological polar surface area (TPSA) is 87.1 Å². The minimum Gasteiger partial charge on any atom is -0.373 e. The molecule has 5 nitrogen and oxygen atoms in total. The summed E-state index contributed by atoms with van der Waals surface area (Å²) in [5.41, 5.74) is 0. The normalized spacial score (nSPS) is 17.4. The molecule has 0 aromatic rings. The summed E-state index contributed by atoms with van der Waals surface area (Å²) >= 11 is 0. The van der Waals surface area contributed by atoms with Gasteiger partial charge in [-0.25, -0.2) is 0 Å². The maximum absolute atomic E-state index is 8.74. The van der Waals surface area contributed by atoms with E-state index in [1.807, 2.05) is 0 Å². The molecule has 1 rings (SSSR count). The fraction of sp³-hybridized carbons (Fsp3) is 1.00. The van der Waals surface area contributed by atoms with Gasteiger partial charge in [-0.15, -0.1) is 0 Å². The van der Waals surface area contributed by atoms with Crippen LogP contribution in [0.1, 0.15) is 77.6 Å². The molecule has 0 radical (unpaired) electrons. The summed E-state index contributed by atoms with van der Waals surface area (Å²) in [6.07, 6.45) is 16.3. The molecule has 1 aliphatic heterocycles. The van der Waals surface area contributed by atoms with Crippen LogP contribution in [0.5, 0.6) is 0 Å². The van der Waals surface area contributed by atoms with Crippen molar-refractivity contribution >= 4 is 10.4 Å². The monoisotopic (exact) mass is 310 g/mol. The number of hydrogen-bond donors (Lipinski definition) is 2. The van der Waals surface area contributed by atoms with E-state index in [9.17, 15) is 0 Å². The van der Waals surface area contributed by atoms with Gasteiger partial charge in [0.15, 0.2) is 0 Å². The van der Waals surface area contributed by atoms with E-state index < -0.39 is 10.4 Å². The van der Waals surface area contributed by atoms with Crippen LogP contribution in [-0.4, -0.2) is 30.2 Å². The van der Waals surface area contributed by atoms with Gasteiger partial charge in [0.25, 0.3) is 0 Å². The summed E-state index contributed by atoms with van der Waals surface area (Å²) < 4.78 is 36.8. The number of epoxide rings is 1. The summed E-state index contributed by atoms with van der Waals surface area (Å²) in [6, 6.07) is 0. The van der Waals surface area contributed by atoms with Gasteiger partial charge < -0.3 is 4.74 Å². The molecule has 0 aromatic heterocycles. The van der Waals surface area contributed by atoms with Crippen molar-refractivity contribution < 1.29 is 22.3 Å². The maximum atomic E-state index is 8.74. The van der Waals surface area contributed by atoms with Gasteiger partial charge in [-0.05, 0) is 6.42 Å². The van der Waals surface area contributed by atoms with E-state index in [0.717, 1.165) is 6.61 Å². The zero-order valence-electron chi connectivity index (χ0n) is 12.6. The van der Waals surface area contributed by atoms with E-state index >= 15 is 0 Å². The minimum absolute atomic E-state index is 0.652. The zero-order valence-corrected chi connectivity index (χ0v) is 13.4. The lowest BCUT2D eigenvalue weighted by molar-refractivity contribution is 0.381. The Bertz CT molecular complexity index is 291. The first-order chi connectivity index (χ1) is 9.43. The first-order valence-electron chi connectivity index (χ1n) is 7.75.